The fraction of sp³-hybridized carbons (Fsp3) is 0.529. The summed E-state index contributed by atoms with van der Waals surface area (Å²) in [7, 11) is 0. The molecule has 0 aliphatic carbocycles. The Labute approximate surface area is 125 Å². The normalized spacial score (nSPS) is 23.9. The van der Waals surface area contributed by atoms with Gasteiger partial charge in [-0.05, 0) is 51.4 Å². The highest BCUT2D eigenvalue weighted by Crippen LogP contribution is 2.29. The molecule has 1 aromatic carbocycles. The zero-order chi connectivity index (χ0) is 15.0. The molecule has 4 nitrogen and oxygen atoms in total. The topological polar surface area (TPSA) is 40.6 Å². The molecule has 0 spiro atoms. The van der Waals surface area contributed by atoms with Gasteiger partial charge >= 0.3 is 0 Å². The van der Waals surface area contributed by atoms with Crippen molar-refractivity contribution >= 4 is 17.5 Å². The highest BCUT2D eigenvalue weighted by Gasteiger charge is 2.43. The molecule has 2 fully saturated rings. The molecule has 0 radical (unpaired) electrons. The third-order valence-corrected chi connectivity index (χ3v) is 4.55. The van der Waals surface area contributed by atoms with Crippen LogP contribution in [0.25, 0.3) is 0 Å². The van der Waals surface area contributed by atoms with Crippen molar-refractivity contribution in [3.8, 4) is 0 Å². The van der Waals surface area contributed by atoms with Crippen molar-refractivity contribution < 1.29 is 9.59 Å². The van der Waals surface area contributed by atoms with E-state index < -0.39 is 0 Å². The van der Waals surface area contributed by atoms with Crippen LogP contribution in [0.1, 0.15) is 36.8 Å². The Balaban J connectivity index is 1.86. The van der Waals surface area contributed by atoms with Crippen LogP contribution in [0.4, 0.5) is 5.69 Å². The maximum absolute atomic E-state index is 12.7. The van der Waals surface area contributed by atoms with Gasteiger partial charge in [-0.2, -0.15) is 0 Å². The zero-order valence-corrected chi connectivity index (χ0v) is 12.8. The van der Waals surface area contributed by atoms with Gasteiger partial charge in [-0.25, -0.2) is 4.90 Å². The fourth-order valence-electron chi connectivity index (χ4n) is 3.44. The highest BCUT2D eigenvalue weighted by atomic mass is 16.2. The standard InChI is InChI=1S/C17H22N2O2/c1-12-6-7-14(13(2)10-12)19-16(20)11-15(17(19)21)18-8-4-3-5-9-18/h6-7,10,15H,3-5,8-9,11H2,1-2H3. The molecule has 0 aromatic heterocycles. The van der Waals surface area contributed by atoms with Gasteiger partial charge < -0.3 is 0 Å². The molecule has 1 aromatic rings. The molecule has 1 atom stereocenters. The van der Waals surface area contributed by atoms with E-state index in [2.05, 4.69) is 4.90 Å². The van der Waals surface area contributed by atoms with E-state index in [1.54, 1.807) is 0 Å². The molecule has 0 N–H and O–H groups in total. The number of hydrogen-bond donors (Lipinski definition) is 0. The molecule has 2 aliphatic rings. The maximum atomic E-state index is 12.7. The molecular weight excluding hydrogens is 264 g/mol. The van der Waals surface area contributed by atoms with Crippen LogP contribution in [-0.4, -0.2) is 35.8 Å². The molecule has 2 heterocycles. The predicted octanol–water partition coefficient (Wildman–Crippen LogP) is 2.42. The summed E-state index contributed by atoms with van der Waals surface area (Å²) < 4.78 is 0. The summed E-state index contributed by atoms with van der Waals surface area (Å²) >= 11 is 0. The average Bonchev–Trinajstić information content (AvgIpc) is 2.76. The second-order valence-corrected chi connectivity index (χ2v) is 6.17. The largest absolute Gasteiger partial charge is 0.292 e. The van der Waals surface area contributed by atoms with Crippen molar-refractivity contribution in [3.63, 3.8) is 0 Å². The van der Waals surface area contributed by atoms with Crippen LogP contribution in [0.3, 0.4) is 0 Å². The predicted molar refractivity (Wildman–Crippen MR) is 82.2 cm³/mol. The lowest BCUT2D eigenvalue weighted by Crippen LogP contribution is -2.44. The van der Waals surface area contributed by atoms with E-state index >= 15 is 0 Å². The Morgan fingerprint density at radius 3 is 2.43 bits per heavy atom. The second-order valence-electron chi connectivity index (χ2n) is 6.17. The van der Waals surface area contributed by atoms with Gasteiger partial charge in [0.25, 0.3) is 5.91 Å². The smallest absolute Gasteiger partial charge is 0.251 e. The molecule has 1 unspecified atom stereocenters. The van der Waals surface area contributed by atoms with E-state index in [0.717, 1.165) is 42.7 Å². The van der Waals surface area contributed by atoms with Gasteiger partial charge in [0.2, 0.25) is 5.91 Å². The van der Waals surface area contributed by atoms with Crippen LogP contribution in [0, 0.1) is 13.8 Å². The van der Waals surface area contributed by atoms with Crippen molar-refractivity contribution in [1.82, 2.24) is 4.90 Å². The number of imide groups is 1. The fourth-order valence-corrected chi connectivity index (χ4v) is 3.44. The zero-order valence-electron chi connectivity index (χ0n) is 12.8. The van der Waals surface area contributed by atoms with E-state index in [0.29, 0.717) is 6.42 Å². The van der Waals surface area contributed by atoms with Gasteiger partial charge in [-0.3, -0.25) is 14.5 Å². The van der Waals surface area contributed by atoms with Crippen molar-refractivity contribution in [3.05, 3.63) is 29.3 Å². The minimum atomic E-state index is -0.251. The minimum absolute atomic E-state index is 0.0474. The number of carbonyl (C=O) groups excluding carboxylic acids is 2. The number of anilines is 1. The number of likely N-dealkylation sites (tertiary alicyclic amines) is 1. The highest BCUT2D eigenvalue weighted by molar-refractivity contribution is 6.22. The van der Waals surface area contributed by atoms with Crippen LogP contribution >= 0.6 is 0 Å². The van der Waals surface area contributed by atoms with Crippen LogP contribution in [-0.2, 0) is 9.59 Å². The first-order valence-corrected chi connectivity index (χ1v) is 7.76. The number of piperidine rings is 1. The quantitative estimate of drug-likeness (QED) is 0.784. The molecule has 0 saturated carbocycles. The number of amides is 2. The summed E-state index contributed by atoms with van der Waals surface area (Å²) in [6, 6.07) is 5.61. The van der Waals surface area contributed by atoms with Crippen LogP contribution < -0.4 is 4.90 Å². The van der Waals surface area contributed by atoms with E-state index in [4.69, 9.17) is 0 Å². The van der Waals surface area contributed by atoms with Gasteiger partial charge in [0, 0.05) is 0 Å². The van der Waals surface area contributed by atoms with Gasteiger partial charge in [0.15, 0.2) is 0 Å². The van der Waals surface area contributed by atoms with Crippen LogP contribution in [0.15, 0.2) is 18.2 Å². The van der Waals surface area contributed by atoms with Gasteiger partial charge in [-0.15, -0.1) is 0 Å². The van der Waals surface area contributed by atoms with Gasteiger partial charge in [-0.1, -0.05) is 24.1 Å². The Hall–Kier alpha value is -1.68. The van der Waals surface area contributed by atoms with E-state index in [1.165, 1.54) is 11.3 Å². The van der Waals surface area contributed by atoms with Crippen molar-refractivity contribution in [1.29, 1.82) is 0 Å². The Bertz CT molecular complexity index is 576. The Morgan fingerprint density at radius 2 is 1.76 bits per heavy atom. The molecule has 2 saturated heterocycles. The SMILES string of the molecule is Cc1ccc(N2C(=O)CC(N3CCCCC3)C2=O)c(C)c1. The molecule has 21 heavy (non-hydrogen) atoms. The number of nitrogens with zero attached hydrogens (tertiary/aromatic N) is 2. The van der Waals surface area contributed by atoms with Crippen molar-refractivity contribution in [2.45, 2.75) is 45.6 Å². The number of hydrogen-bond acceptors (Lipinski definition) is 3. The first kappa shape index (κ1) is 14.3. The van der Waals surface area contributed by atoms with Gasteiger partial charge in [0.1, 0.15) is 0 Å². The average molecular weight is 286 g/mol. The first-order chi connectivity index (χ1) is 10.1. The van der Waals surface area contributed by atoms with Crippen molar-refractivity contribution in [2.75, 3.05) is 18.0 Å². The summed E-state index contributed by atoms with van der Waals surface area (Å²) in [5.41, 5.74) is 2.87. The monoisotopic (exact) mass is 286 g/mol. The molecule has 4 heteroatoms. The first-order valence-electron chi connectivity index (χ1n) is 7.76. The Morgan fingerprint density at radius 1 is 1.05 bits per heavy atom. The molecular formula is C17H22N2O2. The summed E-state index contributed by atoms with van der Waals surface area (Å²) in [5.74, 6) is -0.114. The van der Waals surface area contributed by atoms with Crippen LogP contribution in [0.5, 0.6) is 0 Å². The Kier molecular flexibility index (Phi) is 3.81. The number of carbonyl (C=O) groups is 2. The lowest BCUT2D eigenvalue weighted by atomic mass is 10.1. The number of rotatable bonds is 2. The summed E-state index contributed by atoms with van der Waals surface area (Å²) in [5, 5.41) is 0. The summed E-state index contributed by atoms with van der Waals surface area (Å²) in [6.45, 7) is 5.84. The van der Waals surface area contributed by atoms with Crippen molar-refractivity contribution in [2.24, 2.45) is 0 Å². The number of benzene rings is 1. The second kappa shape index (κ2) is 5.60. The molecule has 2 aliphatic heterocycles. The van der Waals surface area contributed by atoms with E-state index in [1.807, 2.05) is 32.0 Å². The lowest BCUT2D eigenvalue weighted by molar-refractivity contribution is -0.123. The molecule has 0 bridgehead atoms. The molecule has 3 rings (SSSR count). The van der Waals surface area contributed by atoms with Gasteiger partial charge in [0.05, 0.1) is 18.2 Å². The number of aryl methyl sites for hydroxylation is 2. The summed E-state index contributed by atoms with van der Waals surface area (Å²) in [6.07, 6.45) is 3.81. The third kappa shape index (κ3) is 2.60. The molecule has 112 valence electrons. The van der Waals surface area contributed by atoms with E-state index in [-0.39, 0.29) is 17.9 Å². The third-order valence-electron chi connectivity index (χ3n) is 4.55. The van der Waals surface area contributed by atoms with Crippen LogP contribution in [0.2, 0.25) is 0 Å². The maximum Gasteiger partial charge on any atom is 0.251 e. The lowest BCUT2D eigenvalue weighted by Gasteiger charge is -2.30. The molecule has 2 amide bonds. The summed E-state index contributed by atoms with van der Waals surface area (Å²) in [4.78, 5) is 28.7. The van der Waals surface area contributed by atoms with E-state index in [9.17, 15) is 9.59 Å². The minimum Gasteiger partial charge on any atom is -0.292 e.